The van der Waals surface area contributed by atoms with E-state index < -0.39 is 0 Å². The van der Waals surface area contributed by atoms with Crippen LogP contribution in [0.15, 0.2) is 23.0 Å². The molecule has 1 aromatic carbocycles. The van der Waals surface area contributed by atoms with Gasteiger partial charge in [-0.05, 0) is 12.1 Å². The molecule has 74 valence electrons. The highest BCUT2D eigenvalue weighted by atomic mass is 16.5. The Kier molecular flexibility index (Phi) is 1.73. The molecule has 14 heavy (non-hydrogen) atoms. The number of aryl methyl sites for hydroxylation is 1. The number of nitrogen functional groups attached to an aromatic ring is 1. The molecule has 2 rings (SSSR count). The van der Waals surface area contributed by atoms with Crippen molar-refractivity contribution in [2.24, 2.45) is 7.05 Å². The first-order chi connectivity index (χ1) is 6.65. The van der Waals surface area contributed by atoms with Crippen LogP contribution in [0.5, 0.6) is 5.75 Å². The van der Waals surface area contributed by atoms with Crippen LogP contribution < -0.4 is 16.3 Å². The molecule has 0 fully saturated rings. The van der Waals surface area contributed by atoms with E-state index in [0.29, 0.717) is 11.3 Å². The summed E-state index contributed by atoms with van der Waals surface area (Å²) in [5.41, 5.74) is 1.21. The lowest BCUT2D eigenvalue weighted by atomic mass is 10.3. The lowest BCUT2D eigenvalue weighted by Crippen LogP contribution is -2.27. The summed E-state index contributed by atoms with van der Waals surface area (Å²) in [7, 11) is 3.26. The average molecular weight is 193 g/mol. The van der Waals surface area contributed by atoms with Gasteiger partial charge >= 0.3 is 5.69 Å². The third kappa shape index (κ3) is 0.985. The Morgan fingerprint density at radius 2 is 2.07 bits per heavy atom. The summed E-state index contributed by atoms with van der Waals surface area (Å²) in [5.74, 6) is 6.28. The second kappa shape index (κ2) is 2.80. The predicted octanol–water partition coefficient (Wildman–Crippen LogP) is 0.0624. The van der Waals surface area contributed by atoms with E-state index in [-0.39, 0.29) is 5.69 Å². The number of methoxy groups -OCH3 is 1. The number of aromatic nitrogens is 2. The minimum absolute atomic E-state index is 0.242. The number of imidazole rings is 1. The monoisotopic (exact) mass is 193 g/mol. The van der Waals surface area contributed by atoms with Gasteiger partial charge < -0.3 is 10.6 Å². The summed E-state index contributed by atoms with van der Waals surface area (Å²) in [6, 6.07) is 5.31. The Morgan fingerprint density at radius 3 is 2.71 bits per heavy atom. The Bertz CT molecular complexity index is 539. The summed E-state index contributed by atoms with van der Waals surface area (Å²) in [6.07, 6.45) is 0. The van der Waals surface area contributed by atoms with Gasteiger partial charge in [-0.1, -0.05) is 0 Å². The van der Waals surface area contributed by atoms with Crippen molar-refractivity contribution in [2.75, 3.05) is 13.0 Å². The first kappa shape index (κ1) is 8.68. The number of ether oxygens (including phenoxy) is 1. The van der Waals surface area contributed by atoms with Crippen LogP contribution in [-0.4, -0.2) is 16.4 Å². The smallest absolute Gasteiger partial charge is 0.347 e. The first-order valence-corrected chi connectivity index (χ1v) is 4.15. The molecule has 0 atom stereocenters. The lowest BCUT2D eigenvalue weighted by Gasteiger charge is -1.99. The molecule has 0 unspecified atom stereocenters. The van der Waals surface area contributed by atoms with Crippen LogP contribution in [0, 0.1) is 0 Å². The summed E-state index contributed by atoms with van der Waals surface area (Å²) in [5, 5.41) is 0. The van der Waals surface area contributed by atoms with E-state index in [0.717, 1.165) is 10.2 Å². The highest BCUT2D eigenvalue weighted by Crippen LogP contribution is 2.18. The second-order valence-corrected chi connectivity index (χ2v) is 3.07. The minimum atomic E-state index is -0.242. The molecule has 2 aromatic rings. The summed E-state index contributed by atoms with van der Waals surface area (Å²) in [4.78, 5) is 11.4. The Labute approximate surface area is 80.3 Å². The van der Waals surface area contributed by atoms with E-state index in [1.807, 2.05) is 0 Å². The number of benzene rings is 1. The van der Waals surface area contributed by atoms with Crippen molar-refractivity contribution >= 4 is 11.0 Å². The highest BCUT2D eigenvalue weighted by Gasteiger charge is 2.08. The number of nitrogens with zero attached hydrogens (tertiary/aromatic N) is 2. The summed E-state index contributed by atoms with van der Waals surface area (Å²) >= 11 is 0. The average Bonchev–Trinajstić information content (AvgIpc) is 2.44. The van der Waals surface area contributed by atoms with Crippen LogP contribution >= 0.6 is 0 Å². The molecule has 0 radical (unpaired) electrons. The van der Waals surface area contributed by atoms with Gasteiger partial charge in [-0.15, -0.1) is 0 Å². The molecule has 0 bridgehead atoms. The van der Waals surface area contributed by atoms with Gasteiger partial charge in [0.05, 0.1) is 18.1 Å². The van der Waals surface area contributed by atoms with Crippen LogP contribution in [0.4, 0.5) is 0 Å². The Morgan fingerprint density at radius 1 is 1.36 bits per heavy atom. The van der Waals surface area contributed by atoms with Gasteiger partial charge in [0.15, 0.2) is 0 Å². The van der Waals surface area contributed by atoms with Gasteiger partial charge in [0.1, 0.15) is 5.75 Å². The van der Waals surface area contributed by atoms with Gasteiger partial charge in [-0.3, -0.25) is 4.57 Å². The van der Waals surface area contributed by atoms with Gasteiger partial charge in [0, 0.05) is 13.1 Å². The second-order valence-electron chi connectivity index (χ2n) is 3.07. The Balaban J connectivity index is 2.89. The van der Waals surface area contributed by atoms with Crippen molar-refractivity contribution in [1.29, 1.82) is 0 Å². The fourth-order valence-electron chi connectivity index (χ4n) is 1.47. The molecule has 1 heterocycles. The van der Waals surface area contributed by atoms with E-state index in [9.17, 15) is 4.79 Å². The van der Waals surface area contributed by atoms with Crippen LogP contribution in [0.3, 0.4) is 0 Å². The van der Waals surface area contributed by atoms with Gasteiger partial charge in [0.2, 0.25) is 0 Å². The van der Waals surface area contributed by atoms with Crippen LogP contribution in [0.1, 0.15) is 0 Å². The van der Waals surface area contributed by atoms with Gasteiger partial charge in [-0.25, -0.2) is 9.47 Å². The fourth-order valence-corrected chi connectivity index (χ4v) is 1.47. The molecule has 0 spiro atoms. The molecule has 0 saturated heterocycles. The van der Waals surface area contributed by atoms with Crippen molar-refractivity contribution in [3.05, 3.63) is 28.7 Å². The Hall–Kier alpha value is -1.91. The van der Waals surface area contributed by atoms with E-state index in [2.05, 4.69) is 0 Å². The van der Waals surface area contributed by atoms with Gasteiger partial charge in [0.25, 0.3) is 0 Å². The fraction of sp³-hybridized carbons (Fsp3) is 0.222. The molecular formula is C9H11N3O2. The van der Waals surface area contributed by atoms with Crippen molar-refractivity contribution in [1.82, 2.24) is 9.24 Å². The number of fused-ring (bicyclic) bond motifs is 1. The molecule has 0 aliphatic carbocycles. The highest BCUT2D eigenvalue weighted by molar-refractivity contribution is 5.77. The normalized spacial score (nSPS) is 10.7. The molecule has 5 nitrogen and oxygen atoms in total. The van der Waals surface area contributed by atoms with E-state index in [4.69, 9.17) is 10.6 Å². The van der Waals surface area contributed by atoms with Gasteiger partial charge in [-0.2, -0.15) is 0 Å². The predicted molar refractivity (Wildman–Crippen MR) is 53.9 cm³/mol. The summed E-state index contributed by atoms with van der Waals surface area (Å²) < 4.78 is 7.66. The molecule has 2 N–H and O–H groups in total. The van der Waals surface area contributed by atoms with Crippen molar-refractivity contribution in [3.8, 4) is 5.75 Å². The third-order valence-electron chi connectivity index (χ3n) is 2.30. The molecule has 0 aliphatic heterocycles. The third-order valence-corrected chi connectivity index (χ3v) is 2.30. The molecule has 0 amide bonds. The number of rotatable bonds is 1. The lowest BCUT2D eigenvalue weighted by molar-refractivity contribution is 0.415. The standard InChI is InChI=1S/C9H11N3O2/c1-11-8-5-6(14-2)3-4-7(8)12(10)9(11)13/h3-5H,10H2,1-2H3. The zero-order valence-corrected chi connectivity index (χ0v) is 8.02. The molecular weight excluding hydrogens is 182 g/mol. The summed E-state index contributed by atoms with van der Waals surface area (Å²) in [6.45, 7) is 0. The number of hydrogen-bond donors (Lipinski definition) is 1. The van der Waals surface area contributed by atoms with Crippen LogP contribution in [0.2, 0.25) is 0 Å². The van der Waals surface area contributed by atoms with E-state index in [1.165, 1.54) is 4.57 Å². The van der Waals surface area contributed by atoms with Crippen molar-refractivity contribution < 1.29 is 4.74 Å². The maximum Gasteiger partial charge on any atom is 0.347 e. The van der Waals surface area contributed by atoms with Crippen LogP contribution in [0.25, 0.3) is 11.0 Å². The zero-order valence-electron chi connectivity index (χ0n) is 8.02. The number of hydrogen-bond acceptors (Lipinski definition) is 3. The zero-order chi connectivity index (χ0) is 10.3. The minimum Gasteiger partial charge on any atom is -0.497 e. The van der Waals surface area contributed by atoms with E-state index >= 15 is 0 Å². The topological polar surface area (TPSA) is 62.2 Å². The largest absolute Gasteiger partial charge is 0.497 e. The van der Waals surface area contributed by atoms with Crippen molar-refractivity contribution in [2.45, 2.75) is 0 Å². The van der Waals surface area contributed by atoms with Crippen molar-refractivity contribution in [3.63, 3.8) is 0 Å². The molecule has 0 saturated carbocycles. The maximum atomic E-state index is 11.4. The SMILES string of the molecule is COc1ccc2c(c1)n(C)c(=O)n2N. The quantitative estimate of drug-likeness (QED) is 0.651. The maximum absolute atomic E-state index is 11.4. The van der Waals surface area contributed by atoms with Crippen LogP contribution in [-0.2, 0) is 7.05 Å². The van der Waals surface area contributed by atoms with E-state index in [1.54, 1.807) is 32.4 Å². The molecule has 0 aliphatic rings. The number of nitrogens with two attached hydrogens (primary N) is 1. The molecule has 1 aromatic heterocycles. The first-order valence-electron chi connectivity index (χ1n) is 4.15. The molecule has 5 heteroatoms.